The second kappa shape index (κ2) is 5.96. The zero-order valence-electron chi connectivity index (χ0n) is 9.70. The van der Waals surface area contributed by atoms with Gasteiger partial charge in [0.05, 0.1) is 5.69 Å². The highest BCUT2D eigenvalue weighted by Crippen LogP contribution is 2.17. The van der Waals surface area contributed by atoms with Gasteiger partial charge in [-0.05, 0) is 17.1 Å². The van der Waals surface area contributed by atoms with Crippen LogP contribution in [0.15, 0.2) is 35.7 Å². The van der Waals surface area contributed by atoms with Gasteiger partial charge in [-0.25, -0.2) is 9.59 Å². The Labute approximate surface area is 112 Å². The van der Waals surface area contributed by atoms with E-state index in [1.165, 1.54) is 5.38 Å². The van der Waals surface area contributed by atoms with Crippen molar-refractivity contribution in [1.29, 1.82) is 0 Å². The van der Waals surface area contributed by atoms with Gasteiger partial charge in [0.15, 0.2) is 5.69 Å². The molecule has 1 aromatic carbocycles. The number of ether oxygens (including phenoxy) is 1. The lowest BCUT2D eigenvalue weighted by atomic mass is 10.2. The molecule has 0 aliphatic rings. The maximum atomic E-state index is 11.5. The van der Waals surface area contributed by atoms with Gasteiger partial charge in [-0.15, -0.1) is 0 Å². The summed E-state index contributed by atoms with van der Waals surface area (Å²) >= 11 is 0.950. The first-order valence-electron chi connectivity index (χ1n) is 5.32. The highest BCUT2D eigenvalue weighted by atomic mass is 32.1. The molecule has 1 heterocycles. The van der Waals surface area contributed by atoms with Crippen LogP contribution >= 0.6 is 11.5 Å². The number of carbonyl (C=O) groups excluding carboxylic acids is 1. The van der Waals surface area contributed by atoms with Crippen molar-refractivity contribution in [1.82, 2.24) is 4.37 Å². The third kappa shape index (κ3) is 3.52. The minimum absolute atomic E-state index is 0.118. The number of amides is 1. The first-order chi connectivity index (χ1) is 9.16. The predicted octanol–water partition coefficient (Wildman–Crippen LogP) is 2.59. The zero-order chi connectivity index (χ0) is 13.7. The molecule has 1 aromatic heterocycles. The Kier molecular flexibility index (Phi) is 4.09. The van der Waals surface area contributed by atoms with Gasteiger partial charge in [0.2, 0.25) is 0 Å². The van der Waals surface area contributed by atoms with E-state index >= 15 is 0 Å². The smallest absolute Gasteiger partial charge is 0.412 e. The third-order valence-corrected chi connectivity index (χ3v) is 2.85. The molecule has 6 nitrogen and oxygen atoms in total. The molecule has 98 valence electrons. The highest BCUT2D eigenvalue weighted by molar-refractivity contribution is 7.04. The van der Waals surface area contributed by atoms with Crippen LogP contribution in [0.1, 0.15) is 16.1 Å². The summed E-state index contributed by atoms with van der Waals surface area (Å²) in [5, 5.41) is 12.6. The standard InChI is InChI=1S/C12H10N2O4S/c15-11(16)10-9(7-19-14-10)13-12(17)18-6-8-4-2-1-3-5-8/h1-5,7H,6H2,(H,13,17)(H,15,16). The van der Waals surface area contributed by atoms with Crippen LogP contribution in [0.2, 0.25) is 0 Å². The van der Waals surface area contributed by atoms with Gasteiger partial charge in [-0.1, -0.05) is 30.3 Å². The highest BCUT2D eigenvalue weighted by Gasteiger charge is 2.15. The fraction of sp³-hybridized carbons (Fsp3) is 0.0833. The average molecular weight is 278 g/mol. The average Bonchev–Trinajstić information content (AvgIpc) is 2.86. The van der Waals surface area contributed by atoms with Crippen molar-refractivity contribution in [2.75, 3.05) is 5.32 Å². The molecule has 2 rings (SSSR count). The molecule has 0 aliphatic heterocycles. The van der Waals surface area contributed by atoms with Gasteiger partial charge in [0, 0.05) is 5.38 Å². The van der Waals surface area contributed by atoms with Crippen molar-refractivity contribution in [2.45, 2.75) is 6.61 Å². The Balaban J connectivity index is 1.91. The Bertz CT molecular complexity index is 582. The quantitative estimate of drug-likeness (QED) is 0.897. The normalized spacial score (nSPS) is 9.89. The van der Waals surface area contributed by atoms with E-state index in [1.807, 2.05) is 30.3 Å². The number of carbonyl (C=O) groups is 2. The van der Waals surface area contributed by atoms with E-state index in [2.05, 4.69) is 9.69 Å². The second-order valence-corrected chi connectivity index (χ2v) is 4.20. The zero-order valence-corrected chi connectivity index (χ0v) is 10.5. The number of carboxylic acid groups (broad SMARTS) is 1. The fourth-order valence-corrected chi connectivity index (χ4v) is 1.96. The number of benzene rings is 1. The molecule has 0 radical (unpaired) electrons. The maximum Gasteiger partial charge on any atom is 0.412 e. The Morgan fingerprint density at radius 3 is 2.74 bits per heavy atom. The van der Waals surface area contributed by atoms with Crippen LogP contribution in [0, 0.1) is 0 Å². The molecule has 0 atom stereocenters. The number of carboxylic acids is 1. The fourth-order valence-electron chi connectivity index (χ4n) is 1.35. The molecule has 2 aromatic rings. The predicted molar refractivity (Wildman–Crippen MR) is 69.3 cm³/mol. The van der Waals surface area contributed by atoms with Crippen molar-refractivity contribution < 1.29 is 19.4 Å². The molecule has 0 bridgehead atoms. The van der Waals surface area contributed by atoms with E-state index in [-0.39, 0.29) is 18.0 Å². The van der Waals surface area contributed by atoms with E-state index in [0.717, 1.165) is 17.1 Å². The molecular formula is C12H10N2O4S. The number of anilines is 1. The lowest BCUT2D eigenvalue weighted by Gasteiger charge is -2.06. The number of nitrogens with one attached hydrogen (secondary N) is 1. The van der Waals surface area contributed by atoms with Crippen LogP contribution in [0.4, 0.5) is 10.5 Å². The molecule has 0 saturated carbocycles. The van der Waals surface area contributed by atoms with Crippen molar-refractivity contribution in [2.24, 2.45) is 0 Å². The van der Waals surface area contributed by atoms with Gasteiger partial charge in [-0.3, -0.25) is 5.32 Å². The third-order valence-electron chi connectivity index (χ3n) is 2.22. The van der Waals surface area contributed by atoms with Crippen molar-refractivity contribution >= 4 is 29.3 Å². The first kappa shape index (κ1) is 13.0. The molecule has 0 aliphatic carbocycles. The number of hydrogen-bond acceptors (Lipinski definition) is 5. The first-order valence-corrected chi connectivity index (χ1v) is 6.16. The van der Waals surface area contributed by atoms with Gasteiger partial charge in [-0.2, -0.15) is 4.37 Å². The van der Waals surface area contributed by atoms with Crippen molar-refractivity contribution in [3.63, 3.8) is 0 Å². The molecular weight excluding hydrogens is 268 g/mol. The number of rotatable bonds is 4. The Morgan fingerprint density at radius 2 is 2.05 bits per heavy atom. The van der Waals surface area contributed by atoms with Crippen LogP contribution in [0.3, 0.4) is 0 Å². The topological polar surface area (TPSA) is 88.5 Å². The minimum Gasteiger partial charge on any atom is -0.476 e. The molecule has 19 heavy (non-hydrogen) atoms. The molecule has 0 saturated heterocycles. The van der Waals surface area contributed by atoms with Crippen LogP contribution < -0.4 is 5.32 Å². The van der Waals surface area contributed by atoms with E-state index in [9.17, 15) is 9.59 Å². The number of nitrogens with zero attached hydrogens (tertiary/aromatic N) is 1. The van der Waals surface area contributed by atoms with E-state index in [0.29, 0.717) is 0 Å². The molecule has 1 amide bonds. The summed E-state index contributed by atoms with van der Waals surface area (Å²) in [7, 11) is 0. The molecule has 7 heteroatoms. The monoisotopic (exact) mass is 278 g/mol. The summed E-state index contributed by atoms with van der Waals surface area (Å²) in [5.74, 6) is -1.19. The molecule has 0 spiro atoms. The van der Waals surface area contributed by atoms with E-state index in [4.69, 9.17) is 9.84 Å². The van der Waals surface area contributed by atoms with Crippen LogP contribution in [-0.2, 0) is 11.3 Å². The Hall–Kier alpha value is -2.41. The van der Waals surface area contributed by atoms with Gasteiger partial charge < -0.3 is 9.84 Å². The van der Waals surface area contributed by atoms with Crippen LogP contribution in [-0.4, -0.2) is 21.5 Å². The number of hydrogen-bond donors (Lipinski definition) is 2. The van der Waals surface area contributed by atoms with Crippen LogP contribution in [0.25, 0.3) is 0 Å². The lowest BCUT2D eigenvalue weighted by Crippen LogP contribution is -2.15. The summed E-state index contributed by atoms with van der Waals surface area (Å²) in [6.07, 6.45) is -0.716. The summed E-state index contributed by atoms with van der Waals surface area (Å²) in [6, 6.07) is 9.17. The summed E-state index contributed by atoms with van der Waals surface area (Å²) in [6.45, 7) is 0.118. The van der Waals surface area contributed by atoms with Gasteiger partial charge >= 0.3 is 12.1 Å². The summed E-state index contributed by atoms with van der Waals surface area (Å²) in [4.78, 5) is 22.3. The largest absolute Gasteiger partial charge is 0.476 e. The summed E-state index contributed by atoms with van der Waals surface area (Å²) in [5.41, 5.74) is 0.789. The minimum atomic E-state index is -1.19. The number of aromatic carboxylic acids is 1. The van der Waals surface area contributed by atoms with Gasteiger partial charge in [0.25, 0.3) is 0 Å². The lowest BCUT2D eigenvalue weighted by molar-refractivity contribution is 0.0693. The van der Waals surface area contributed by atoms with Gasteiger partial charge in [0.1, 0.15) is 6.61 Å². The number of aromatic nitrogens is 1. The van der Waals surface area contributed by atoms with E-state index in [1.54, 1.807) is 0 Å². The molecule has 0 fully saturated rings. The van der Waals surface area contributed by atoms with Crippen molar-refractivity contribution in [3.05, 3.63) is 47.0 Å². The molecule has 0 unspecified atom stereocenters. The second-order valence-electron chi connectivity index (χ2n) is 3.57. The van der Waals surface area contributed by atoms with Crippen LogP contribution in [0.5, 0.6) is 0 Å². The SMILES string of the molecule is O=C(Nc1csnc1C(=O)O)OCc1ccccc1. The summed E-state index contributed by atoms with van der Waals surface area (Å²) < 4.78 is 8.63. The molecule has 2 N–H and O–H groups in total. The van der Waals surface area contributed by atoms with Crippen molar-refractivity contribution in [3.8, 4) is 0 Å². The van der Waals surface area contributed by atoms with E-state index < -0.39 is 12.1 Å². The Morgan fingerprint density at radius 1 is 1.32 bits per heavy atom. The maximum absolute atomic E-state index is 11.5.